The number of rotatable bonds is 3. The molecule has 3 nitrogen and oxygen atoms in total. The molecule has 3 rings (SSSR count). The molecule has 0 fully saturated rings. The van der Waals surface area contributed by atoms with Gasteiger partial charge in [-0.05, 0) is 40.1 Å². The van der Waals surface area contributed by atoms with Crippen molar-refractivity contribution in [2.45, 2.75) is 5.51 Å². The maximum atomic E-state index is 12.4. The monoisotopic (exact) mass is 352 g/mol. The predicted molar refractivity (Wildman–Crippen MR) is 85.0 cm³/mol. The molecule has 24 heavy (non-hydrogen) atoms. The number of alkyl halides is 3. The molecule has 0 aliphatic rings. The molecule has 0 bridgehead atoms. The summed E-state index contributed by atoms with van der Waals surface area (Å²) >= 11 is 0. The minimum atomic E-state index is -5.67. The fraction of sp³-hybridized carbons (Fsp3) is 0.0588. The number of halogens is 3. The van der Waals surface area contributed by atoms with Gasteiger partial charge < -0.3 is 4.18 Å². The Morgan fingerprint density at radius 1 is 0.750 bits per heavy atom. The average molecular weight is 352 g/mol. The highest BCUT2D eigenvalue weighted by Crippen LogP contribution is 2.30. The van der Waals surface area contributed by atoms with Gasteiger partial charge in [0.15, 0.2) is 0 Å². The lowest BCUT2D eigenvalue weighted by atomic mass is 10.0. The first-order chi connectivity index (χ1) is 11.3. The minimum absolute atomic E-state index is 0.382. The predicted octanol–water partition coefficient (Wildman–Crippen LogP) is 4.74. The van der Waals surface area contributed by atoms with Crippen LogP contribution in [0.1, 0.15) is 0 Å². The van der Waals surface area contributed by atoms with Crippen molar-refractivity contribution in [1.82, 2.24) is 0 Å². The SMILES string of the molecule is O=S(=O)(Oc1ccc2cc(-c3ccccc3)ccc2c1)C(F)(F)F. The van der Waals surface area contributed by atoms with Crippen molar-refractivity contribution in [3.05, 3.63) is 66.7 Å². The Kier molecular flexibility index (Phi) is 3.96. The molecule has 0 amide bonds. The largest absolute Gasteiger partial charge is 0.534 e. The van der Waals surface area contributed by atoms with E-state index in [1.54, 1.807) is 12.1 Å². The molecular weight excluding hydrogens is 341 g/mol. The van der Waals surface area contributed by atoms with Crippen molar-refractivity contribution in [1.29, 1.82) is 0 Å². The zero-order valence-corrected chi connectivity index (χ0v) is 12.9. The van der Waals surface area contributed by atoms with E-state index in [4.69, 9.17) is 0 Å². The quantitative estimate of drug-likeness (QED) is 0.505. The fourth-order valence-corrected chi connectivity index (χ4v) is 2.71. The first-order valence-corrected chi connectivity index (χ1v) is 8.27. The fourth-order valence-electron chi connectivity index (χ4n) is 2.26. The van der Waals surface area contributed by atoms with Crippen LogP contribution in [0, 0.1) is 0 Å². The van der Waals surface area contributed by atoms with Crippen LogP contribution in [0.5, 0.6) is 5.75 Å². The van der Waals surface area contributed by atoms with Crippen molar-refractivity contribution < 1.29 is 25.8 Å². The topological polar surface area (TPSA) is 43.4 Å². The van der Waals surface area contributed by atoms with Gasteiger partial charge in [-0.25, -0.2) is 0 Å². The summed E-state index contributed by atoms with van der Waals surface area (Å²) < 4.78 is 63.3. The van der Waals surface area contributed by atoms with Gasteiger partial charge in [-0.2, -0.15) is 21.6 Å². The van der Waals surface area contributed by atoms with Crippen LogP contribution in [0.15, 0.2) is 66.7 Å². The van der Waals surface area contributed by atoms with Crippen molar-refractivity contribution in [2.75, 3.05) is 0 Å². The van der Waals surface area contributed by atoms with Gasteiger partial charge in [0.1, 0.15) is 5.75 Å². The summed E-state index contributed by atoms with van der Waals surface area (Å²) in [6.45, 7) is 0. The summed E-state index contributed by atoms with van der Waals surface area (Å²) in [5.41, 5.74) is -3.52. The molecule has 0 radical (unpaired) electrons. The average Bonchev–Trinajstić information content (AvgIpc) is 2.54. The van der Waals surface area contributed by atoms with Gasteiger partial charge in [0.2, 0.25) is 0 Å². The van der Waals surface area contributed by atoms with E-state index in [1.807, 2.05) is 36.4 Å². The zero-order valence-electron chi connectivity index (χ0n) is 12.1. The highest BCUT2D eigenvalue weighted by Gasteiger charge is 2.48. The van der Waals surface area contributed by atoms with Gasteiger partial charge in [-0.3, -0.25) is 0 Å². The van der Waals surface area contributed by atoms with Crippen LogP contribution in [0.3, 0.4) is 0 Å². The number of hydrogen-bond donors (Lipinski definition) is 0. The van der Waals surface area contributed by atoms with Crippen LogP contribution in [0.2, 0.25) is 0 Å². The molecule has 0 atom stereocenters. The molecule has 3 aromatic rings. The maximum absolute atomic E-state index is 12.4. The molecule has 0 aliphatic carbocycles. The Morgan fingerprint density at radius 2 is 1.38 bits per heavy atom. The van der Waals surface area contributed by atoms with Crippen LogP contribution in [-0.2, 0) is 10.1 Å². The Balaban J connectivity index is 1.96. The third kappa shape index (κ3) is 3.21. The smallest absolute Gasteiger partial charge is 0.376 e. The van der Waals surface area contributed by atoms with Crippen LogP contribution in [0.4, 0.5) is 13.2 Å². The van der Waals surface area contributed by atoms with E-state index < -0.39 is 15.6 Å². The zero-order chi connectivity index (χ0) is 17.4. The standard InChI is InChI=1S/C17H11F3O3S/c18-17(19,20)24(21,22)23-16-9-8-14-10-13(6-7-15(14)11-16)12-4-2-1-3-5-12/h1-11H. The molecule has 124 valence electrons. The van der Waals surface area contributed by atoms with Gasteiger partial charge in [0, 0.05) is 0 Å². The second kappa shape index (κ2) is 5.83. The molecule has 0 saturated heterocycles. The molecule has 0 unspecified atom stereocenters. The Morgan fingerprint density at radius 3 is 2.04 bits per heavy atom. The molecule has 0 N–H and O–H groups in total. The summed E-state index contributed by atoms with van der Waals surface area (Å²) in [6.07, 6.45) is 0. The number of hydrogen-bond acceptors (Lipinski definition) is 3. The molecule has 0 spiro atoms. The van der Waals surface area contributed by atoms with E-state index in [2.05, 4.69) is 4.18 Å². The van der Waals surface area contributed by atoms with E-state index in [0.717, 1.165) is 16.5 Å². The molecule has 0 aliphatic heterocycles. The van der Waals surface area contributed by atoms with Crippen LogP contribution in [0.25, 0.3) is 21.9 Å². The lowest BCUT2D eigenvalue weighted by Crippen LogP contribution is -2.28. The van der Waals surface area contributed by atoms with Crippen molar-refractivity contribution in [3.8, 4) is 16.9 Å². The second-order valence-electron chi connectivity index (χ2n) is 5.07. The highest BCUT2D eigenvalue weighted by molar-refractivity contribution is 7.88. The Labute approximate surface area is 136 Å². The number of fused-ring (bicyclic) bond motifs is 1. The first kappa shape index (κ1) is 16.3. The van der Waals surface area contributed by atoms with Crippen LogP contribution < -0.4 is 4.18 Å². The Hall–Kier alpha value is -2.54. The molecule has 0 saturated carbocycles. The van der Waals surface area contributed by atoms with Gasteiger partial charge in [0.05, 0.1) is 0 Å². The second-order valence-corrected chi connectivity index (χ2v) is 6.61. The molecule has 7 heteroatoms. The molecule has 0 heterocycles. The van der Waals surface area contributed by atoms with E-state index >= 15 is 0 Å². The minimum Gasteiger partial charge on any atom is -0.376 e. The summed E-state index contributed by atoms with van der Waals surface area (Å²) in [7, 11) is -5.67. The van der Waals surface area contributed by atoms with Crippen molar-refractivity contribution in [2.24, 2.45) is 0 Å². The summed E-state index contributed by atoms with van der Waals surface area (Å²) in [4.78, 5) is 0. The normalized spacial score (nSPS) is 12.3. The third-order valence-corrected chi connectivity index (χ3v) is 4.39. The van der Waals surface area contributed by atoms with E-state index in [-0.39, 0.29) is 5.75 Å². The van der Waals surface area contributed by atoms with Crippen molar-refractivity contribution >= 4 is 20.9 Å². The molecule has 0 aromatic heterocycles. The highest BCUT2D eigenvalue weighted by atomic mass is 32.2. The lowest BCUT2D eigenvalue weighted by Gasteiger charge is -2.10. The van der Waals surface area contributed by atoms with Gasteiger partial charge >= 0.3 is 15.6 Å². The Bertz CT molecular complexity index is 981. The number of benzene rings is 3. The van der Waals surface area contributed by atoms with E-state index in [1.165, 1.54) is 18.2 Å². The third-order valence-electron chi connectivity index (χ3n) is 3.41. The van der Waals surface area contributed by atoms with E-state index in [0.29, 0.717) is 5.39 Å². The van der Waals surface area contributed by atoms with Crippen molar-refractivity contribution in [3.63, 3.8) is 0 Å². The maximum Gasteiger partial charge on any atom is 0.534 e. The van der Waals surface area contributed by atoms with Gasteiger partial charge in [-0.1, -0.05) is 48.5 Å². The van der Waals surface area contributed by atoms with Crippen LogP contribution in [-0.4, -0.2) is 13.9 Å². The van der Waals surface area contributed by atoms with Gasteiger partial charge in [-0.15, -0.1) is 0 Å². The summed E-state index contributed by atoms with van der Waals surface area (Å²) in [6, 6.07) is 18.9. The molecular formula is C17H11F3O3S. The summed E-state index contributed by atoms with van der Waals surface area (Å²) in [5, 5.41) is 1.33. The van der Waals surface area contributed by atoms with Crippen LogP contribution >= 0.6 is 0 Å². The van der Waals surface area contributed by atoms with Gasteiger partial charge in [0.25, 0.3) is 0 Å². The molecule has 3 aromatic carbocycles. The summed E-state index contributed by atoms with van der Waals surface area (Å²) in [5.74, 6) is -0.382. The first-order valence-electron chi connectivity index (χ1n) is 6.86. The lowest BCUT2D eigenvalue weighted by molar-refractivity contribution is -0.0500. The van der Waals surface area contributed by atoms with E-state index in [9.17, 15) is 21.6 Å².